The molecule has 0 aliphatic carbocycles. The summed E-state index contributed by atoms with van der Waals surface area (Å²) in [5.41, 5.74) is 1.20. The van der Waals surface area contributed by atoms with Crippen molar-refractivity contribution in [2.24, 2.45) is 0 Å². The fraction of sp³-hybridized carbons (Fsp3) is 0.222. The first-order valence-electron chi connectivity index (χ1n) is 10.5. The van der Waals surface area contributed by atoms with Gasteiger partial charge in [0, 0.05) is 22.7 Å². The van der Waals surface area contributed by atoms with Crippen molar-refractivity contribution in [1.29, 1.82) is 0 Å². The summed E-state index contributed by atoms with van der Waals surface area (Å²) in [6, 6.07) is 26.9. The second-order valence-corrected chi connectivity index (χ2v) is 8.90. The molecule has 3 N–H and O–H groups in total. The third-order valence-electron chi connectivity index (χ3n) is 5.50. The first-order valence-corrected chi connectivity index (χ1v) is 10.5. The van der Waals surface area contributed by atoms with E-state index in [1.54, 1.807) is 6.20 Å². The number of nitrogens with one attached hydrogen (secondary N) is 1. The highest BCUT2D eigenvalue weighted by molar-refractivity contribution is 5.86. The average molecular weight is 413 g/mol. The quantitative estimate of drug-likeness (QED) is 0.416. The Balaban J connectivity index is 2.08. The molecule has 0 saturated carbocycles. The number of aromatic hydroxyl groups is 1. The topological polar surface area (TPSA) is 65.4 Å². The lowest BCUT2D eigenvalue weighted by atomic mass is 9.73. The summed E-state index contributed by atoms with van der Waals surface area (Å²) < 4.78 is 0. The van der Waals surface area contributed by atoms with E-state index in [4.69, 9.17) is 0 Å². The molecule has 4 aromatic rings. The molecule has 0 saturated heterocycles. The van der Waals surface area contributed by atoms with Gasteiger partial charge in [-0.2, -0.15) is 0 Å². The molecule has 158 valence electrons. The first-order chi connectivity index (χ1) is 14.8. The summed E-state index contributed by atoms with van der Waals surface area (Å²) >= 11 is 0. The smallest absolute Gasteiger partial charge is 0.147 e. The minimum Gasteiger partial charge on any atom is -0.505 e. The molecule has 2 unspecified atom stereocenters. The van der Waals surface area contributed by atoms with Gasteiger partial charge in [0.25, 0.3) is 0 Å². The Bertz CT molecular complexity index is 1170. The molecule has 4 rings (SSSR count). The van der Waals surface area contributed by atoms with Crippen LogP contribution in [0.15, 0.2) is 91.1 Å². The van der Waals surface area contributed by atoms with Crippen LogP contribution < -0.4 is 5.32 Å². The molecule has 0 spiro atoms. The van der Waals surface area contributed by atoms with Gasteiger partial charge in [-0.05, 0) is 38.0 Å². The van der Waals surface area contributed by atoms with Crippen molar-refractivity contribution in [3.05, 3.63) is 108 Å². The van der Waals surface area contributed by atoms with E-state index >= 15 is 0 Å². The Hall–Kier alpha value is -3.21. The molecule has 31 heavy (non-hydrogen) atoms. The monoisotopic (exact) mass is 412 g/mol. The maximum absolute atomic E-state index is 11.9. The van der Waals surface area contributed by atoms with Crippen molar-refractivity contribution >= 4 is 10.9 Å². The minimum absolute atomic E-state index is 0.0636. The summed E-state index contributed by atoms with van der Waals surface area (Å²) in [7, 11) is 0. The van der Waals surface area contributed by atoms with Gasteiger partial charge < -0.3 is 10.2 Å². The van der Waals surface area contributed by atoms with Gasteiger partial charge in [0.1, 0.15) is 22.9 Å². The molecule has 4 heteroatoms. The zero-order valence-electron chi connectivity index (χ0n) is 18.1. The van der Waals surface area contributed by atoms with Gasteiger partial charge in [0.2, 0.25) is 0 Å². The predicted molar refractivity (Wildman–Crippen MR) is 125 cm³/mol. The number of nitrogens with zero attached hydrogens (tertiary/aromatic N) is 1. The van der Waals surface area contributed by atoms with E-state index in [9.17, 15) is 10.2 Å². The lowest BCUT2D eigenvalue weighted by molar-refractivity contribution is 0.0617. The Morgan fingerprint density at radius 2 is 1.45 bits per heavy atom. The predicted octanol–water partition coefficient (Wildman–Crippen LogP) is 5.31. The van der Waals surface area contributed by atoms with Crippen molar-refractivity contribution in [2.45, 2.75) is 38.0 Å². The number of phenolic OH excluding ortho intramolecular Hbond substituents is 1. The van der Waals surface area contributed by atoms with Gasteiger partial charge in [0.15, 0.2) is 0 Å². The number of aromatic nitrogens is 1. The Morgan fingerprint density at radius 1 is 0.806 bits per heavy atom. The molecule has 0 amide bonds. The second-order valence-electron chi connectivity index (χ2n) is 8.90. The van der Waals surface area contributed by atoms with Crippen LogP contribution in [-0.2, 0) is 5.54 Å². The van der Waals surface area contributed by atoms with Crippen molar-refractivity contribution in [3.63, 3.8) is 0 Å². The summed E-state index contributed by atoms with van der Waals surface area (Å²) in [6.45, 7) is 6.16. The molecule has 0 aliphatic heterocycles. The largest absolute Gasteiger partial charge is 0.505 e. The minimum atomic E-state index is -1.11. The Kier molecular flexibility index (Phi) is 5.52. The zero-order chi connectivity index (χ0) is 22.1. The van der Waals surface area contributed by atoms with Crippen LogP contribution in [0.1, 0.15) is 43.6 Å². The highest BCUT2D eigenvalue weighted by atomic mass is 16.3. The van der Waals surface area contributed by atoms with Crippen molar-refractivity contribution in [2.75, 3.05) is 0 Å². The van der Waals surface area contributed by atoms with Crippen LogP contribution in [0, 0.1) is 0 Å². The standard InChI is InChI=1S/C27H28N2O2/c1-26(2,3)29-27(21-14-8-5-9-15-21,25(31)20-11-6-4-7-12-20)22-17-16-19-13-10-18-28-23(19)24(22)30/h4-18,25,29-31H,1-3H3. The molecule has 4 nitrogen and oxygen atoms in total. The number of phenols is 1. The molecule has 1 heterocycles. The third kappa shape index (κ3) is 3.92. The molecule has 0 bridgehead atoms. The molecular weight excluding hydrogens is 384 g/mol. The number of hydrogen-bond donors (Lipinski definition) is 3. The van der Waals surface area contributed by atoms with Crippen molar-refractivity contribution < 1.29 is 10.2 Å². The molecule has 0 radical (unpaired) electrons. The Labute approximate surface area is 183 Å². The number of benzene rings is 3. The third-order valence-corrected chi connectivity index (χ3v) is 5.50. The average Bonchev–Trinajstić information content (AvgIpc) is 2.78. The second kappa shape index (κ2) is 8.14. The Morgan fingerprint density at radius 3 is 2.10 bits per heavy atom. The van der Waals surface area contributed by atoms with Gasteiger partial charge in [0.05, 0.1) is 0 Å². The summed E-state index contributed by atoms with van der Waals surface area (Å²) in [6.07, 6.45) is 0.697. The van der Waals surface area contributed by atoms with E-state index in [1.807, 2.05) is 84.9 Å². The molecule has 3 aromatic carbocycles. The fourth-order valence-electron chi connectivity index (χ4n) is 4.29. The number of aliphatic hydroxyl groups is 1. The number of rotatable bonds is 5. The van der Waals surface area contributed by atoms with Crippen molar-refractivity contribution in [1.82, 2.24) is 10.3 Å². The van der Waals surface area contributed by atoms with Gasteiger partial charge >= 0.3 is 0 Å². The van der Waals surface area contributed by atoms with E-state index in [0.29, 0.717) is 11.1 Å². The summed E-state index contributed by atoms with van der Waals surface area (Å²) in [5.74, 6) is 0.0636. The van der Waals surface area contributed by atoms with E-state index in [0.717, 1.165) is 16.5 Å². The lowest BCUT2D eigenvalue weighted by Gasteiger charge is -2.45. The normalized spacial score (nSPS) is 14.8. The summed E-state index contributed by atoms with van der Waals surface area (Å²) in [5, 5.41) is 27.8. The number of hydrogen-bond acceptors (Lipinski definition) is 4. The van der Waals surface area contributed by atoms with Crippen LogP contribution in [0.5, 0.6) is 5.75 Å². The molecule has 1 aromatic heterocycles. The van der Waals surface area contributed by atoms with E-state index in [2.05, 4.69) is 31.1 Å². The molecule has 2 atom stereocenters. The van der Waals surface area contributed by atoms with E-state index in [1.165, 1.54) is 0 Å². The van der Waals surface area contributed by atoms with Crippen LogP contribution in [0.4, 0.5) is 0 Å². The first kappa shape index (κ1) is 21.0. The van der Waals surface area contributed by atoms with Crippen LogP contribution in [0.3, 0.4) is 0 Å². The van der Waals surface area contributed by atoms with Crippen molar-refractivity contribution in [3.8, 4) is 5.75 Å². The highest BCUT2D eigenvalue weighted by Gasteiger charge is 2.46. The molecule has 0 aliphatic rings. The van der Waals surface area contributed by atoms with Crippen LogP contribution in [-0.4, -0.2) is 20.7 Å². The van der Waals surface area contributed by atoms with E-state index in [-0.39, 0.29) is 11.3 Å². The number of aliphatic hydroxyl groups excluding tert-OH is 1. The SMILES string of the molecule is CC(C)(C)NC(c1ccccc1)(c1ccc2cccnc2c1O)C(O)c1ccccc1. The van der Waals surface area contributed by atoms with Gasteiger partial charge in [-0.3, -0.25) is 10.3 Å². The lowest BCUT2D eigenvalue weighted by Crippen LogP contribution is -2.56. The van der Waals surface area contributed by atoms with Crippen LogP contribution >= 0.6 is 0 Å². The van der Waals surface area contributed by atoms with Gasteiger partial charge in [-0.15, -0.1) is 0 Å². The number of fused-ring (bicyclic) bond motifs is 1. The molecule has 0 fully saturated rings. The highest BCUT2D eigenvalue weighted by Crippen LogP contribution is 2.47. The number of pyridine rings is 1. The van der Waals surface area contributed by atoms with E-state index < -0.39 is 11.6 Å². The maximum atomic E-state index is 11.9. The maximum Gasteiger partial charge on any atom is 0.147 e. The zero-order valence-corrected chi connectivity index (χ0v) is 18.1. The van der Waals surface area contributed by atoms with Gasteiger partial charge in [-0.25, -0.2) is 0 Å². The van der Waals surface area contributed by atoms with Gasteiger partial charge in [-0.1, -0.05) is 78.9 Å². The summed E-state index contributed by atoms with van der Waals surface area (Å²) in [4.78, 5) is 4.42. The van der Waals surface area contributed by atoms with Crippen LogP contribution in [0.25, 0.3) is 10.9 Å². The fourth-order valence-corrected chi connectivity index (χ4v) is 4.29. The van der Waals surface area contributed by atoms with Crippen LogP contribution in [0.2, 0.25) is 0 Å². The molecular formula is C27H28N2O2.